The van der Waals surface area contributed by atoms with E-state index < -0.39 is 6.04 Å². The van der Waals surface area contributed by atoms with Crippen LogP contribution in [0.4, 0.5) is 11.4 Å². The van der Waals surface area contributed by atoms with Crippen molar-refractivity contribution in [1.29, 1.82) is 0 Å². The minimum Gasteiger partial charge on any atom is -0.358 e. The largest absolute Gasteiger partial charge is 0.358 e. The van der Waals surface area contributed by atoms with Gasteiger partial charge in [0.2, 0.25) is 11.8 Å². The van der Waals surface area contributed by atoms with Crippen LogP contribution in [0.5, 0.6) is 0 Å². The zero-order valence-corrected chi connectivity index (χ0v) is 18.3. The van der Waals surface area contributed by atoms with Crippen LogP contribution in [0, 0.1) is 6.92 Å². The Morgan fingerprint density at radius 3 is 2.23 bits per heavy atom. The van der Waals surface area contributed by atoms with Crippen molar-refractivity contribution in [3.8, 4) is 0 Å². The van der Waals surface area contributed by atoms with Crippen molar-refractivity contribution in [3.05, 3.63) is 59.8 Å². The molecule has 31 heavy (non-hydrogen) atoms. The number of likely N-dealkylation sites (N-methyl/N-ethyl adjacent to an activating group) is 1. The number of Topliss-reactive ketones (excluding diaryl/α,β-unsaturated/α-hetero) is 1. The summed E-state index contributed by atoms with van der Waals surface area (Å²) >= 11 is 0. The molecule has 1 heterocycles. The quantitative estimate of drug-likeness (QED) is 0.481. The van der Waals surface area contributed by atoms with Gasteiger partial charge in [-0.25, -0.2) is 0 Å². The number of ketones is 1. The van der Waals surface area contributed by atoms with E-state index in [0.717, 1.165) is 16.6 Å². The third-order valence-electron chi connectivity index (χ3n) is 5.31. The van der Waals surface area contributed by atoms with Crippen molar-refractivity contribution in [2.24, 2.45) is 0 Å². The number of benzene rings is 2. The van der Waals surface area contributed by atoms with Crippen LogP contribution in [0.3, 0.4) is 0 Å². The number of H-pyrrole nitrogens is 1. The first kappa shape index (κ1) is 22.2. The third-order valence-corrected chi connectivity index (χ3v) is 5.31. The van der Waals surface area contributed by atoms with Crippen molar-refractivity contribution in [2.75, 3.05) is 23.7 Å². The first-order chi connectivity index (χ1) is 14.8. The van der Waals surface area contributed by atoms with E-state index in [1.54, 1.807) is 24.3 Å². The van der Waals surface area contributed by atoms with Gasteiger partial charge in [-0.05, 0) is 50.7 Å². The molecule has 2 amide bonds. The van der Waals surface area contributed by atoms with Crippen molar-refractivity contribution in [3.63, 3.8) is 0 Å². The summed E-state index contributed by atoms with van der Waals surface area (Å²) in [6.07, 6.45) is 0. The van der Waals surface area contributed by atoms with Crippen LogP contribution in [0.25, 0.3) is 10.9 Å². The van der Waals surface area contributed by atoms with Gasteiger partial charge in [0.15, 0.2) is 5.78 Å². The second-order valence-corrected chi connectivity index (χ2v) is 7.58. The maximum absolute atomic E-state index is 13.3. The summed E-state index contributed by atoms with van der Waals surface area (Å²) in [7, 11) is 0. The molecule has 0 bridgehead atoms. The van der Waals surface area contributed by atoms with E-state index in [-0.39, 0.29) is 24.1 Å². The molecule has 3 aromatic rings. The lowest BCUT2D eigenvalue weighted by molar-refractivity contribution is -0.117. The van der Waals surface area contributed by atoms with Gasteiger partial charge in [-0.2, -0.15) is 0 Å². The average Bonchev–Trinajstić information content (AvgIpc) is 3.07. The molecule has 1 aromatic heterocycles. The second-order valence-electron chi connectivity index (χ2n) is 7.58. The number of aromatic nitrogens is 1. The third kappa shape index (κ3) is 5.19. The molecule has 0 fully saturated rings. The Morgan fingerprint density at radius 1 is 1.00 bits per heavy atom. The number of aromatic amines is 1. The van der Waals surface area contributed by atoms with E-state index in [4.69, 9.17) is 0 Å². The zero-order chi connectivity index (χ0) is 22.5. The zero-order valence-electron chi connectivity index (χ0n) is 18.3. The fourth-order valence-corrected chi connectivity index (χ4v) is 3.72. The van der Waals surface area contributed by atoms with Gasteiger partial charge in [0, 0.05) is 40.5 Å². The molecule has 7 heteroatoms. The van der Waals surface area contributed by atoms with Crippen molar-refractivity contribution >= 4 is 39.9 Å². The van der Waals surface area contributed by atoms with Crippen molar-refractivity contribution in [1.82, 2.24) is 9.88 Å². The Bertz CT molecular complexity index is 1100. The van der Waals surface area contributed by atoms with Crippen LogP contribution in [-0.4, -0.2) is 46.6 Å². The summed E-state index contributed by atoms with van der Waals surface area (Å²) in [5.41, 5.74) is 3.72. The lowest BCUT2D eigenvalue weighted by Gasteiger charge is -2.26. The summed E-state index contributed by atoms with van der Waals surface area (Å²) in [6.45, 7) is 7.76. The standard InChI is InChI=1S/C24H28N4O3/c1-5-28(14-22(30)27-19-12-10-18(11-13-19)26-17(4)29)16(3)24(31)23-15(2)25-21-9-7-6-8-20(21)23/h6-13,16,25H,5,14H2,1-4H3,(H,26,29)(H,27,30)/t16-/m1/s1. The first-order valence-corrected chi connectivity index (χ1v) is 10.3. The molecule has 0 aliphatic carbocycles. The molecule has 0 saturated heterocycles. The second kappa shape index (κ2) is 9.57. The number of carbonyl (C=O) groups is 3. The molecular weight excluding hydrogens is 392 g/mol. The van der Waals surface area contributed by atoms with Gasteiger partial charge in [0.1, 0.15) is 0 Å². The topological polar surface area (TPSA) is 94.3 Å². The summed E-state index contributed by atoms with van der Waals surface area (Å²) in [6, 6.07) is 14.2. The Balaban J connectivity index is 1.68. The smallest absolute Gasteiger partial charge is 0.238 e. The predicted octanol–water partition coefficient (Wildman–Crippen LogP) is 3.97. The molecule has 0 unspecified atom stereocenters. The molecule has 3 rings (SSSR count). The van der Waals surface area contributed by atoms with E-state index in [1.165, 1.54) is 6.92 Å². The van der Waals surface area contributed by atoms with Gasteiger partial charge in [-0.1, -0.05) is 25.1 Å². The SMILES string of the molecule is CCN(CC(=O)Nc1ccc(NC(C)=O)cc1)[C@H](C)C(=O)c1c(C)[nH]c2ccccc12. The fourth-order valence-electron chi connectivity index (χ4n) is 3.72. The highest BCUT2D eigenvalue weighted by Crippen LogP contribution is 2.24. The summed E-state index contributed by atoms with van der Waals surface area (Å²) in [4.78, 5) is 42.1. The molecular formula is C24H28N4O3. The Labute approximate surface area is 181 Å². The van der Waals surface area contributed by atoms with E-state index in [1.807, 2.05) is 49.9 Å². The lowest BCUT2D eigenvalue weighted by Crippen LogP contribution is -2.43. The van der Waals surface area contributed by atoms with Crippen LogP contribution in [-0.2, 0) is 9.59 Å². The molecule has 0 aliphatic heterocycles. The number of hydrogen-bond acceptors (Lipinski definition) is 4. The normalized spacial score (nSPS) is 12.0. The van der Waals surface area contributed by atoms with Gasteiger partial charge in [-0.15, -0.1) is 0 Å². The van der Waals surface area contributed by atoms with Crippen molar-refractivity contribution < 1.29 is 14.4 Å². The van der Waals surface area contributed by atoms with E-state index in [9.17, 15) is 14.4 Å². The highest BCUT2D eigenvalue weighted by Gasteiger charge is 2.26. The van der Waals surface area contributed by atoms with Gasteiger partial charge in [0.05, 0.1) is 12.6 Å². The monoisotopic (exact) mass is 420 g/mol. The van der Waals surface area contributed by atoms with Crippen LogP contribution in [0.1, 0.15) is 36.8 Å². The van der Waals surface area contributed by atoms with Gasteiger partial charge >= 0.3 is 0 Å². The van der Waals surface area contributed by atoms with Gasteiger partial charge < -0.3 is 15.6 Å². The number of aryl methyl sites for hydroxylation is 1. The molecule has 0 saturated carbocycles. The molecule has 1 atom stereocenters. The lowest BCUT2D eigenvalue weighted by atomic mass is 10.0. The molecule has 2 aromatic carbocycles. The van der Waals surface area contributed by atoms with Gasteiger partial charge in [-0.3, -0.25) is 19.3 Å². The molecule has 7 nitrogen and oxygen atoms in total. The number of carbonyl (C=O) groups excluding carboxylic acids is 3. The van der Waals surface area contributed by atoms with Crippen LogP contribution < -0.4 is 10.6 Å². The van der Waals surface area contributed by atoms with Gasteiger partial charge in [0.25, 0.3) is 0 Å². The molecule has 0 radical (unpaired) electrons. The molecule has 0 aliphatic rings. The number of fused-ring (bicyclic) bond motifs is 1. The van der Waals surface area contributed by atoms with Crippen molar-refractivity contribution in [2.45, 2.75) is 33.7 Å². The average molecular weight is 421 g/mol. The number of rotatable bonds is 8. The first-order valence-electron chi connectivity index (χ1n) is 10.3. The minimum absolute atomic E-state index is 0.00994. The number of amides is 2. The van der Waals surface area contributed by atoms with Crippen LogP contribution >= 0.6 is 0 Å². The Hall–Kier alpha value is -3.45. The van der Waals surface area contributed by atoms with E-state index in [0.29, 0.717) is 23.5 Å². The van der Waals surface area contributed by atoms with Crippen LogP contribution in [0.15, 0.2) is 48.5 Å². The highest BCUT2D eigenvalue weighted by atomic mass is 16.2. The van der Waals surface area contributed by atoms with E-state index >= 15 is 0 Å². The summed E-state index contributed by atoms with van der Waals surface area (Å²) in [5, 5.41) is 6.43. The van der Waals surface area contributed by atoms with E-state index in [2.05, 4.69) is 15.6 Å². The highest BCUT2D eigenvalue weighted by molar-refractivity contribution is 6.11. The Morgan fingerprint density at radius 2 is 1.61 bits per heavy atom. The minimum atomic E-state index is -0.448. The Kier molecular flexibility index (Phi) is 6.87. The van der Waals surface area contributed by atoms with Crippen LogP contribution in [0.2, 0.25) is 0 Å². The number of hydrogen-bond donors (Lipinski definition) is 3. The molecule has 162 valence electrons. The number of nitrogens with zero attached hydrogens (tertiary/aromatic N) is 1. The summed E-state index contributed by atoms with van der Waals surface area (Å²) < 4.78 is 0. The number of para-hydroxylation sites is 1. The maximum atomic E-state index is 13.3. The molecule has 0 spiro atoms. The maximum Gasteiger partial charge on any atom is 0.238 e. The summed E-state index contributed by atoms with van der Waals surface area (Å²) in [5.74, 6) is -0.367. The number of anilines is 2. The number of nitrogens with one attached hydrogen (secondary N) is 3. The fraction of sp³-hybridized carbons (Fsp3) is 0.292. The molecule has 3 N–H and O–H groups in total. The predicted molar refractivity (Wildman–Crippen MR) is 123 cm³/mol.